The van der Waals surface area contributed by atoms with Crippen LogP contribution in [0, 0.1) is 6.92 Å². The average molecular weight is 224 g/mol. The summed E-state index contributed by atoms with van der Waals surface area (Å²) in [5.74, 6) is 0.976. The maximum atomic E-state index is 4.47. The van der Waals surface area contributed by atoms with E-state index < -0.39 is 0 Å². The van der Waals surface area contributed by atoms with Crippen molar-refractivity contribution in [1.29, 1.82) is 0 Å². The third kappa shape index (κ3) is 1.80. The second-order valence-corrected chi connectivity index (χ2v) is 4.62. The van der Waals surface area contributed by atoms with Crippen LogP contribution in [0.4, 0.5) is 0 Å². The summed E-state index contributed by atoms with van der Waals surface area (Å²) in [6, 6.07) is 11.1. The minimum Gasteiger partial charge on any atom is -0.342 e. The van der Waals surface area contributed by atoms with Gasteiger partial charge in [-0.1, -0.05) is 31.5 Å². The fraction of sp³-hybridized carbons (Fsp3) is 0.267. The van der Waals surface area contributed by atoms with Crippen molar-refractivity contribution in [3.8, 4) is 0 Å². The highest BCUT2D eigenvalue weighted by atomic mass is 14.9. The number of H-pyrrole nitrogens is 1. The van der Waals surface area contributed by atoms with Crippen LogP contribution in [-0.4, -0.2) is 9.97 Å². The Morgan fingerprint density at radius 1 is 1.12 bits per heavy atom. The number of rotatable bonds is 2. The predicted octanol–water partition coefficient (Wildman–Crippen LogP) is 3.98. The molecule has 0 unspecified atom stereocenters. The van der Waals surface area contributed by atoms with Crippen LogP contribution >= 0.6 is 0 Å². The molecule has 0 bridgehead atoms. The van der Waals surface area contributed by atoms with E-state index in [1.165, 1.54) is 22.8 Å². The molecule has 2 nitrogen and oxygen atoms in total. The fourth-order valence-electron chi connectivity index (χ4n) is 2.38. The van der Waals surface area contributed by atoms with Crippen LogP contribution in [0.25, 0.3) is 21.8 Å². The quantitative estimate of drug-likeness (QED) is 0.700. The molecule has 3 rings (SSSR count). The van der Waals surface area contributed by atoms with Gasteiger partial charge in [0.25, 0.3) is 0 Å². The second-order valence-electron chi connectivity index (χ2n) is 4.62. The van der Waals surface area contributed by atoms with Gasteiger partial charge in [-0.25, -0.2) is 4.98 Å². The number of hydrogen-bond acceptors (Lipinski definition) is 1. The van der Waals surface area contributed by atoms with Crippen LogP contribution in [0.15, 0.2) is 30.3 Å². The summed E-state index contributed by atoms with van der Waals surface area (Å²) in [5.41, 5.74) is 3.59. The van der Waals surface area contributed by atoms with E-state index in [4.69, 9.17) is 0 Å². The summed E-state index contributed by atoms with van der Waals surface area (Å²) < 4.78 is 0. The molecule has 1 heterocycles. The smallest absolute Gasteiger partial charge is 0.104 e. The van der Waals surface area contributed by atoms with Gasteiger partial charge in [-0.05, 0) is 41.8 Å². The maximum Gasteiger partial charge on any atom is 0.104 e. The molecule has 17 heavy (non-hydrogen) atoms. The van der Waals surface area contributed by atoms with Crippen LogP contribution in [0.1, 0.15) is 24.7 Å². The number of aromatic nitrogens is 2. The normalized spacial score (nSPS) is 11.4. The summed E-state index contributed by atoms with van der Waals surface area (Å²) in [7, 11) is 0. The lowest BCUT2D eigenvalue weighted by atomic mass is 10.0. The van der Waals surface area contributed by atoms with Crippen LogP contribution < -0.4 is 0 Å². The molecule has 0 spiro atoms. The number of aryl methyl sites for hydroxylation is 2. The molecule has 0 fully saturated rings. The number of aromatic amines is 1. The molecular weight excluding hydrogens is 208 g/mol. The lowest BCUT2D eigenvalue weighted by Gasteiger charge is -2.02. The number of imidazole rings is 1. The van der Waals surface area contributed by atoms with Gasteiger partial charge in [0.05, 0.1) is 11.0 Å². The van der Waals surface area contributed by atoms with E-state index in [0.717, 1.165) is 23.3 Å². The highest BCUT2D eigenvalue weighted by Gasteiger charge is 2.02. The van der Waals surface area contributed by atoms with Crippen molar-refractivity contribution < 1.29 is 0 Å². The van der Waals surface area contributed by atoms with Crippen molar-refractivity contribution in [3.05, 3.63) is 41.7 Å². The Kier molecular flexibility index (Phi) is 2.36. The molecule has 3 aromatic rings. The molecule has 0 atom stereocenters. The Hall–Kier alpha value is -1.83. The molecule has 1 N–H and O–H groups in total. The molecule has 2 heteroatoms. The zero-order chi connectivity index (χ0) is 11.8. The third-order valence-corrected chi connectivity index (χ3v) is 3.16. The van der Waals surface area contributed by atoms with Crippen molar-refractivity contribution in [1.82, 2.24) is 9.97 Å². The number of fused-ring (bicyclic) bond motifs is 2. The van der Waals surface area contributed by atoms with E-state index >= 15 is 0 Å². The first-order valence-electron chi connectivity index (χ1n) is 6.15. The minimum atomic E-state index is 0.976. The Bertz CT molecular complexity index is 680. The van der Waals surface area contributed by atoms with Gasteiger partial charge in [-0.3, -0.25) is 0 Å². The molecule has 0 saturated carbocycles. The standard InChI is InChI=1S/C15H16N2/c1-3-4-11-5-6-12-8-14-15(9-13(12)7-11)17-10(2)16-14/h5-9H,3-4H2,1-2H3,(H,16,17). The minimum absolute atomic E-state index is 0.976. The van der Waals surface area contributed by atoms with E-state index in [9.17, 15) is 0 Å². The van der Waals surface area contributed by atoms with Gasteiger partial charge in [-0.15, -0.1) is 0 Å². The SMILES string of the molecule is CCCc1ccc2cc3nc(C)[nH]c3cc2c1. The van der Waals surface area contributed by atoms with Gasteiger partial charge in [0.2, 0.25) is 0 Å². The summed E-state index contributed by atoms with van der Waals surface area (Å²) in [5, 5.41) is 2.57. The number of benzene rings is 2. The molecule has 0 aliphatic heterocycles. The van der Waals surface area contributed by atoms with Crippen molar-refractivity contribution >= 4 is 21.8 Å². The molecule has 0 aliphatic rings. The first-order chi connectivity index (χ1) is 8.26. The molecular formula is C15H16N2. The topological polar surface area (TPSA) is 28.7 Å². The van der Waals surface area contributed by atoms with E-state index in [-0.39, 0.29) is 0 Å². The van der Waals surface area contributed by atoms with Crippen molar-refractivity contribution in [2.45, 2.75) is 26.7 Å². The predicted molar refractivity (Wildman–Crippen MR) is 72.3 cm³/mol. The largest absolute Gasteiger partial charge is 0.342 e. The zero-order valence-corrected chi connectivity index (χ0v) is 10.2. The van der Waals surface area contributed by atoms with E-state index in [2.05, 4.69) is 47.2 Å². The fourth-order valence-corrected chi connectivity index (χ4v) is 2.38. The maximum absolute atomic E-state index is 4.47. The van der Waals surface area contributed by atoms with Crippen LogP contribution in [-0.2, 0) is 6.42 Å². The van der Waals surface area contributed by atoms with Crippen LogP contribution in [0.3, 0.4) is 0 Å². The molecule has 86 valence electrons. The molecule has 0 aliphatic carbocycles. The average Bonchev–Trinajstić information content (AvgIpc) is 2.65. The van der Waals surface area contributed by atoms with Gasteiger partial charge in [0.15, 0.2) is 0 Å². The Labute approximate surface area is 101 Å². The van der Waals surface area contributed by atoms with Gasteiger partial charge in [0, 0.05) is 0 Å². The zero-order valence-electron chi connectivity index (χ0n) is 10.2. The summed E-state index contributed by atoms with van der Waals surface area (Å²) in [4.78, 5) is 7.76. The summed E-state index contributed by atoms with van der Waals surface area (Å²) in [6.45, 7) is 4.21. The molecule has 0 saturated heterocycles. The van der Waals surface area contributed by atoms with E-state index in [0.29, 0.717) is 0 Å². The Morgan fingerprint density at radius 3 is 2.82 bits per heavy atom. The number of hydrogen-bond donors (Lipinski definition) is 1. The molecule has 0 radical (unpaired) electrons. The second kappa shape index (κ2) is 3.88. The third-order valence-electron chi connectivity index (χ3n) is 3.16. The van der Waals surface area contributed by atoms with Crippen LogP contribution in [0.2, 0.25) is 0 Å². The lowest BCUT2D eigenvalue weighted by Crippen LogP contribution is -1.83. The van der Waals surface area contributed by atoms with E-state index in [1.807, 2.05) is 6.92 Å². The first-order valence-corrected chi connectivity index (χ1v) is 6.15. The first kappa shape index (κ1) is 10.3. The van der Waals surface area contributed by atoms with Crippen molar-refractivity contribution in [3.63, 3.8) is 0 Å². The monoisotopic (exact) mass is 224 g/mol. The van der Waals surface area contributed by atoms with Crippen molar-refractivity contribution in [2.75, 3.05) is 0 Å². The Balaban J connectivity index is 2.24. The highest BCUT2D eigenvalue weighted by Crippen LogP contribution is 2.22. The molecule has 2 aromatic carbocycles. The van der Waals surface area contributed by atoms with Gasteiger partial charge < -0.3 is 4.98 Å². The molecule has 1 aromatic heterocycles. The van der Waals surface area contributed by atoms with Crippen LogP contribution in [0.5, 0.6) is 0 Å². The van der Waals surface area contributed by atoms with Gasteiger partial charge in [-0.2, -0.15) is 0 Å². The number of nitrogens with one attached hydrogen (secondary N) is 1. The van der Waals surface area contributed by atoms with Crippen molar-refractivity contribution in [2.24, 2.45) is 0 Å². The Morgan fingerprint density at radius 2 is 2.00 bits per heavy atom. The highest BCUT2D eigenvalue weighted by molar-refractivity contribution is 5.95. The van der Waals surface area contributed by atoms with Gasteiger partial charge in [0.1, 0.15) is 5.82 Å². The lowest BCUT2D eigenvalue weighted by molar-refractivity contribution is 0.924. The molecule has 0 amide bonds. The summed E-state index contributed by atoms with van der Waals surface area (Å²) in [6.07, 6.45) is 2.34. The number of nitrogens with zero attached hydrogens (tertiary/aromatic N) is 1. The van der Waals surface area contributed by atoms with Gasteiger partial charge >= 0.3 is 0 Å². The van der Waals surface area contributed by atoms with E-state index in [1.54, 1.807) is 0 Å². The summed E-state index contributed by atoms with van der Waals surface area (Å²) >= 11 is 0.